The van der Waals surface area contributed by atoms with Gasteiger partial charge in [-0.2, -0.15) is 0 Å². The highest BCUT2D eigenvalue weighted by Crippen LogP contribution is 2.70. The number of hydrogen-bond donors (Lipinski definition) is 4. The number of hydrogen-bond acceptors (Lipinski definition) is 30. The highest BCUT2D eigenvalue weighted by atomic mass is 16.6. The Bertz CT molecular complexity index is 4440. The Balaban J connectivity index is 0.000000138. The van der Waals surface area contributed by atoms with E-state index in [1.165, 1.54) is 73.1 Å². The van der Waals surface area contributed by atoms with Crippen LogP contribution in [0.3, 0.4) is 0 Å². The Hall–Kier alpha value is -9.98. The summed E-state index contributed by atoms with van der Waals surface area (Å²) in [4.78, 5) is 180. The van der Waals surface area contributed by atoms with Crippen molar-refractivity contribution >= 4 is 83.1 Å². The average molecular weight is 1660 g/mol. The lowest BCUT2D eigenvalue weighted by Crippen LogP contribution is -2.65. The fraction of sp³-hybridized carbons (Fsp3) is 0.655. The third-order valence-corrected chi connectivity index (χ3v) is 30.8. The van der Waals surface area contributed by atoms with E-state index >= 15 is 0 Å². The molecule has 4 saturated heterocycles. The van der Waals surface area contributed by atoms with Gasteiger partial charge in [0.15, 0.2) is 35.3 Å². The number of methoxy groups -OCH3 is 4. The van der Waals surface area contributed by atoms with E-state index in [0.29, 0.717) is 82.6 Å². The molecule has 32 heteroatoms. The van der Waals surface area contributed by atoms with Gasteiger partial charge in [0.2, 0.25) is 0 Å². The molecule has 0 spiro atoms. The van der Waals surface area contributed by atoms with Crippen molar-refractivity contribution in [2.45, 2.75) is 207 Å². The summed E-state index contributed by atoms with van der Waals surface area (Å²) in [6.07, 6.45) is 9.39. The highest BCUT2D eigenvalue weighted by molar-refractivity contribution is 5.96. The summed E-state index contributed by atoms with van der Waals surface area (Å²) in [5, 5.41) is 23.3. The monoisotopic (exact) mass is 1660 g/mol. The third-order valence-electron chi connectivity index (χ3n) is 30.8. The maximum atomic E-state index is 13.8. The number of primary amides is 1. The van der Waals surface area contributed by atoms with Crippen LogP contribution in [-0.2, 0) is 105 Å². The van der Waals surface area contributed by atoms with Gasteiger partial charge >= 0.3 is 59.9 Å². The molecule has 4 aromatic rings. The quantitative estimate of drug-likeness (QED) is 0.0846. The van der Waals surface area contributed by atoms with E-state index in [0.717, 1.165) is 16.7 Å². The number of alkyl carbamates (subject to hydrolysis) is 1. The molecule has 8 saturated carbocycles. The van der Waals surface area contributed by atoms with Crippen molar-refractivity contribution in [1.29, 1.82) is 0 Å². The normalized spacial score (nSPS) is 40.9. The first-order valence-corrected chi connectivity index (χ1v) is 40.8. The van der Waals surface area contributed by atoms with E-state index in [-0.39, 0.29) is 72.7 Å². The molecule has 16 unspecified atom stereocenters. The van der Waals surface area contributed by atoms with Gasteiger partial charge in [0.25, 0.3) is 0 Å². The fourth-order valence-corrected chi connectivity index (χ4v) is 25.2. The molecular formula is C87H108N2O30. The lowest BCUT2D eigenvalue weighted by Gasteiger charge is -2.60. The van der Waals surface area contributed by atoms with Crippen molar-refractivity contribution in [1.82, 2.24) is 5.32 Å². The maximum Gasteiger partial charge on any atom is 0.407 e. The van der Waals surface area contributed by atoms with Crippen molar-refractivity contribution < 1.29 is 142 Å². The molecule has 2 amide bonds. The zero-order valence-corrected chi connectivity index (χ0v) is 69.2. The number of rotatable bonds is 10. The second kappa shape index (κ2) is 32.5. The van der Waals surface area contributed by atoms with Crippen molar-refractivity contribution in [3.05, 3.63) is 96.6 Å². The number of Topliss-reactive ketones (excluding diaryl/α,β-unsaturated/α-hetero) is 4. The number of ketones is 4. The summed E-state index contributed by atoms with van der Waals surface area (Å²) < 4.78 is 74.0. The minimum Gasteiger partial charge on any atom is -0.472 e. The lowest BCUT2D eigenvalue weighted by atomic mass is 9.43. The van der Waals surface area contributed by atoms with Crippen LogP contribution in [0.15, 0.2) is 92.0 Å². The van der Waals surface area contributed by atoms with Gasteiger partial charge in [-0.15, -0.1) is 0 Å². The molecule has 0 radical (unpaired) electrons. The maximum absolute atomic E-state index is 13.8. The van der Waals surface area contributed by atoms with Gasteiger partial charge in [0.1, 0.15) is 36.6 Å². The first kappa shape index (κ1) is 86.9. The molecule has 5 N–H and O–H groups in total. The van der Waals surface area contributed by atoms with Crippen molar-refractivity contribution in [3.63, 3.8) is 0 Å². The molecule has 8 aliphatic carbocycles. The number of cyclic esters (lactones) is 4. The molecule has 4 aliphatic heterocycles. The van der Waals surface area contributed by atoms with E-state index in [9.17, 15) is 77.3 Å². The van der Waals surface area contributed by atoms with E-state index in [2.05, 4.69) is 5.32 Å². The lowest BCUT2D eigenvalue weighted by molar-refractivity contribution is -0.209. The number of fused-ring (bicyclic) bond motifs is 12. The first-order valence-electron chi connectivity index (χ1n) is 40.8. The van der Waals surface area contributed by atoms with Gasteiger partial charge in [-0.05, 0) is 157 Å². The average Bonchev–Trinajstić information content (AvgIpc) is 0.865. The summed E-state index contributed by atoms with van der Waals surface area (Å²) in [5.74, 6) is -11.3. The van der Waals surface area contributed by atoms with E-state index in [4.69, 9.17) is 70.8 Å². The number of carbonyl (C=O) groups excluding carboxylic acids is 14. The number of nitrogens with two attached hydrogens (primary N) is 1. The number of ether oxygens (including phenoxy) is 10. The smallest absolute Gasteiger partial charge is 0.407 e. The molecule has 646 valence electrons. The molecule has 12 aliphatic rings. The Morgan fingerprint density at radius 3 is 0.849 bits per heavy atom. The largest absolute Gasteiger partial charge is 0.472 e. The Labute approximate surface area is 687 Å². The summed E-state index contributed by atoms with van der Waals surface area (Å²) in [6, 6.07) is 6.96. The molecule has 16 rings (SSSR count). The van der Waals surface area contributed by atoms with Gasteiger partial charge in [0.05, 0.1) is 126 Å². The van der Waals surface area contributed by atoms with Gasteiger partial charge in [-0.25, -0.2) is 9.59 Å². The predicted octanol–water partition coefficient (Wildman–Crippen LogP) is 10.2. The SMILES string of the molecule is CNC(=O)OC1CC(C(=O)OC)[C@]2(C)CCC3C(=O)O[C@H](c4ccoc4)C[C@]3(C)C2C1=O.COC(=O)C1CC(O)C(=O)C2[C@@]1(C)CCC1C(=O)O[C@H](c3ccoc3)C[C@@]12C.COC(=O)C1CC(O)C(=O)C2[C@@]1(C)CCC1C(=O)O[C@H](c3ccoc3)C[C@@]12C.COC(=O)C1CC(OC(N)=O)C(=O)C2[C@@]1(C)CCC1C(=O)O[C@H](c3ccoc3)C[C@@]12C. The number of nitrogens with one attached hydrogen (secondary N) is 1. The van der Waals surface area contributed by atoms with Gasteiger partial charge in [-0.1, -0.05) is 55.4 Å². The van der Waals surface area contributed by atoms with Crippen molar-refractivity contribution in [2.75, 3.05) is 35.5 Å². The molecule has 32 nitrogen and oxygen atoms in total. The van der Waals surface area contributed by atoms with Crippen molar-refractivity contribution in [2.24, 2.45) is 120 Å². The van der Waals surface area contributed by atoms with Crippen LogP contribution in [0.5, 0.6) is 0 Å². The Kier molecular flexibility index (Phi) is 23.7. The zero-order valence-electron chi connectivity index (χ0n) is 69.2. The number of aliphatic hydroxyl groups excluding tert-OH is 2. The standard InChI is InChI=1S/C23H29NO8.C22H27NO8.2C21H26O7/c1-22-7-5-13-20(27)31-16(12-6-8-30-11-12)10-23(13,2)18(22)17(25)15(32-21(28)24-3)9-14(22)19(26)29-4;1-21-6-4-12-19(26)30-15(11-5-7-29-10-11)9-22(12,2)17(21)16(24)14(31-20(23)27)8-13(21)18(25)28-3;2*1-20-6-4-12-19(25)28-15(11-5-7-27-10-11)9-21(12,2)17(20)16(23)14(22)8-13(20)18(24)26-3/h6,8,11,13-16,18H,5,7,9-10H2,1-4H3,(H,24,28);5,7,10,12-15,17H,4,6,8-9H2,1-3H3,(H2,23,27);2*5,7,10,12-15,17,22H,4,6,8-9H2,1-3H3/t13?,14?,15?,16-,18?,22-,23-;12?,13?,14?,15-,17?,21-,22-;2*12?,13?,14?,15-,17?,20-,21-/m0000/s1. The zero-order chi connectivity index (χ0) is 86.3. The summed E-state index contributed by atoms with van der Waals surface area (Å²) in [5.41, 5.74) is 2.21. The van der Waals surface area contributed by atoms with Crippen LogP contribution in [0.1, 0.15) is 205 Å². The molecular weight excluding hydrogens is 1550 g/mol. The Morgan fingerprint density at radius 2 is 0.622 bits per heavy atom. The number of carbonyl (C=O) groups is 14. The molecule has 12 fully saturated rings. The summed E-state index contributed by atoms with van der Waals surface area (Å²) in [6.45, 7) is 15.3. The number of esters is 8. The van der Waals surface area contributed by atoms with Crippen LogP contribution in [-0.4, -0.2) is 153 Å². The molecule has 8 heterocycles. The summed E-state index contributed by atoms with van der Waals surface area (Å²) >= 11 is 0. The molecule has 119 heavy (non-hydrogen) atoms. The summed E-state index contributed by atoms with van der Waals surface area (Å²) in [7, 11) is 6.66. The predicted molar refractivity (Wildman–Crippen MR) is 405 cm³/mol. The minimum atomic E-state index is -1.23. The number of amides is 2. The van der Waals surface area contributed by atoms with E-state index in [1.54, 1.807) is 36.8 Å². The fourth-order valence-electron chi connectivity index (χ4n) is 25.2. The minimum absolute atomic E-state index is 0.0117. The Morgan fingerprint density at radius 1 is 0.378 bits per heavy atom. The topological polar surface area (TPSA) is 462 Å². The van der Waals surface area contributed by atoms with Crippen molar-refractivity contribution in [3.8, 4) is 0 Å². The van der Waals surface area contributed by atoms with Crippen LogP contribution in [0.2, 0.25) is 0 Å². The highest BCUT2D eigenvalue weighted by Gasteiger charge is 2.73. The number of aliphatic hydroxyl groups is 2. The van der Waals surface area contributed by atoms with Crippen LogP contribution in [0, 0.1) is 114 Å². The first-order chi connectivity index (χ1) is 56.2. The van der Waals surface area contributed by atoms with Crippen LogP contribution >= 0.6 is 0 Å². The molecule has 0 bridgehead atoms. The van der Waals surface area contributed by atoms with E-state index < -0.39 is 199 Å². The second-order valence-corrected chi connectivity index (χ2v) is 36.8. The van der Waals surface area contributed by atoms with E-state index in [1.807, 2.05) is 55.4 Å². The van der Waals surface area contributed by atoms with Crippen LogP contribution in [0.25, 0.3) is 0 Å². The molecule has 28 atom stereocenters. The molecule has 4 aromatic heterocycles. The van der Waals surface area contributed by atoms with Crippen LogP contribution in [0.4, 0.5) is 9.59 Å². The number of furan rings is 4. The third kappa shape index (κ3) is 14.6. The van der Waals surface area contributed by atoms with Gasteiger partial charge < -0.3 is 86.3 Å². The molecule has 0 aromatic carbocycles. The van der Waals surface area contributed by atoms with Gasteiger partial charge in [-0.3, -0.25) is 57.5 Å². The van der Waals surface area contributed by atoms with Crippen LogP contribution < -0.4 is 11.1 Å². The second-order valence-electron chi connectivity index (χ2n) is 36.8. The van der Waals surface area contributed by atoms with Gasteiger partial charge in [0, 0.05) is 65.8 Å².